The molecule has 0 bridgehead atoms. The molecule has 4 N–H and O–H groups in total. The van der Waals surface area contributed by atoms with Gasteiger partial charge in [-0.15, -0.1) is 0 Å². The van der Waals surface area contributed by atoms with Gasteiger partial charge in [0.25, 0.3) is 0 Å². The van der Waals surface area contributed by atoms with Crippen LogP contribution in [0.1, 0.15) is 137 Å². The molecule has 0 spiro atoms. The lowest BCUT2D eigenvalue weighted by molar-refractivity contribution is -0.138. The summed E-state index contributed by atoms with van der Waals surface area (Å²) in [5.74, 6) is -2.53. The first kappa shape index (κ1) is 59.3. The summed E-state index contributed by atoms with van der Waals surface area (Å²) in [5, 5.41) is 35.1. The van der Waals surface area contributed by atoms with Gasteiger partial charge < -0.3 is 20.4 Å². The van der Waals surface area contributed by atoms with Gasteiger partial charge in [-0.2, -0.15) is 0 Å². The van der Waals surface area contributed by atoms with E-state index in [1.165, 1.54) is 11.1 Å². The van der Waals surface area contributed by atoms with Gasteiger partial charge >= 0.3 is 23.9 Å². The fraction of sp³-hybridized carbons (Fsp3) is 0.279. The van der Waals surface area contributed by atoms with E-state index in [9.17, 15) is 19.2 Å². The lowest BCUT2D eigenvalue weighted by atomic mass is 9.87. The largest absolute Gasteiger partial charge is 0.481 e. The maximum atomic E-state index is 10.6. The molecule has 0 heterocycles. The van der Waals surface area contributed by atoms with Crippen LogP contribution < -0.4 is 0 Å². The third-order valence-corrected chi connectivity index (χ3v) is 11.1. The zero-order valence-electron chi connectivity index (χ0n) is 40.8. The van der Waals surface area contributed by atoms with Crippen molar-refractivity contribution in [1.29, 1.82) is 0 Å². The van der Waals surface area contributed by atoms with Crippen molar-refractivity contribution >= 4 is 51.0 Å². The second-order valence-electron chi connectivity index (χ2n) is 15.8. The van der Waals surface area contributed by atoms with Gasteiger partial charge in [-0.3, -0.25) is 19.2 Å². The molecule has 6 aromatic carbocycles. The summed E-state index contributed by atoms with van der Waals surface area (Å²) < 4.78 is 0. The number of rotatable bonds is 23. The van der Waals surface area contributed by atoms with Crippen molar-refractivity contribution in [3.8, 4) is 0 Å². The van der Waals surface area contributed by atoms with Crippen molar-refractivity contribution in [2.75, 3.05) is 5.33 Å². The highest BCUT2D eigenvalue weighted by atomic mass is 79.9. The topological polar surface area (TPSA) is 149 Å². The minimum Gasteiger partial charge on any atom is -0.481 e. The molecule has 0 aliphatic carbocycles. The molecule has 0 radical (unpaired) electrons. The van der Waals surface area contributed by atoms with E-state index in [0.717, 1.165) is 83.7 Å². The molecule has 8 nitrogen and oxygen atoms in total. The van der Waals surface area contributed by atoms with Crippen LogP contribution in [0.5, 0.6) is 0 Å². The van der Waals surface area contributed by atoms with E-state index in [2.05, 4.69) is 125 Å². The Morgan fingerprint density at radius 1 is 0.386 bits per heavy atom. The number of benzene rings is 6. The number of carboxylic acid groups (broad SMARTS) is 4. The SMILES string of the molecule is CC.O=C(O)CCCC=C(c1ccccc1)c1ccccc1.O=C(O)CCCC=C(c1ccccc1)c1ccccc1.O=C(O)CCCCBr.O=C(O)CCCCC(c1ccccc1)c1ccccc1. The van der Waals surface area contributed by atoms with Gasteiger partial charge in [0.15, 0.2) is 0 Å². The zero-order chi connectivity index (χ0) is 51.0. The molecule has 0 atom stereocenters. The maximum Gasteiger partial charge on any atom is 0.303 e. The Morgan fingerprint density at radius 3 is 0.914 bits per heavy atom. The van der Waals surface area contributed by atoms with Gasteiger partial charge in [0.2, 0.25) is 0 Å². The molecule has 0 aromatic heterocycles. The third-order valence-electron chi connectivity index (χ3n) is 10.5. The number of alkyl halides is 1. The molecule has 6 rings (SSSR count). The highest BCUT2D eigenvalue weighted by Gasteiger charge is 2.14. The number of allylic oxidation sites excluding steroid dienone is 2. The van der Waals surface area contributed by atoms with Crippen molar-refractivity contribution < 1.29 is 39.6 Å². The quantitative estimate of drug-likeness (QED) is 0.0366. The smallest absolute Gasteiger partial charge is 0.303 e. The van der Waals surface area contributed by atoms with Crippen molar-refractivity contribution in [2.45, 2.75) is 103 Å². The van der Waals surface area contributed by atoms with Crippen LogP contribution in [0.4, 0.5) is 0 Å². The standard InChI is InChI=1S/C18H20O2.2C18H18O2.C5H9BrO2.C2H6/c3*19-18(20)14-8-7-13-17(15-9-3-1-4-10-15)16-11-5-2-6-12-16;6-4-2-1-3-5(7)8;1-2/h1-6,9-12,17H,7-8,13-14H2,(H,19,20);2*1-6,9-13H,7-8,14H2,(H,19,20);1-4H2,(H,7,8);1-2H3. The van der Waals surface area contributed by atoms with Crippen LogP contribution in [0.25, 0.3) is 11.1 Å². The Balaban J connectivity index is 0.000000328. The Morgan fingerprint density at radius 2 is 0.643 bits per heavy atom. The highest BCUT2D eigenvalue weighted by Crippen LogP contribution is 2.30. The van der Waals surface area contributed by atoms with Crippen LogP contribution in [-0.4, -0.2) is 49.6 Å². The van der Waals surface area contributed by atoms with E-state index < -0.39 is 23.9 Å². The van der Waals surface area contributed by atoms with E-state index >= 15 is 0 Å². The van der Waals surface area contributed by atoms with E-state index in [1.54, 1.807) is 0 Å². The van der Waals surface area contributed by atoms with Crippen molar-refractivity contribution in [3.63, 3.8) is 0 Å². The van der Waals surface area contributed by atoms with Crippen molar-refractivity contribution in [1.82, 2.24) is 0 Å². The average molecular weight is 1010 g/mol. The third kappa shape index (κ3) is 26.6. The molecule has 0 fully saturated rings. The summed E-state index contributed by atoms with van der Waals surface area (Å²) >= 11 is 3.21. The van der Waals surface area contributed by atoms with E-state index in [-0.39, 0.29) is 19.3 Å². The molecule has 0 amide bonds. The molecule has 9 heteroatoms. The molecular weight excluding hydrogens is 941 g/mol. The molecule has 0 saturated heterocycles. The van der Waals surface area contributed by atoms with Crippen LogP contribution in [-0.2, 0) is 19.2 Å². The fourth-order valence-corrected chi connectivity index (χ4v) is 7.56. The van der Waals surface area contributed by atoms with Gasteiger partial charge in [-0.25, -0.2) is 0 Å². The lowest BCUT2D eigenvalue weighted by Crippen LogP contribution is -2.02. The second-order valence-corrected chi connectivity index (χ2v) is 16.6. The molecule has 0 saturated carbocycles. The fourth-order valence-electron chi connectivity index (χ4n) is 7.17. The molecular formula is C61H71BrO8. The molecule has 0 aliphatic rings. The Kier molecular flexibility index (Phi) is 32.2. The first-order valence-corrected chi connectivity index (χ1v) is 25.4. The van der Waals surface area contributed by atoms with Gasteiger partial charge in [-0.05, 0) is 95.9 Å². The van der Waals surface area contributed by atoms with Crippen molar-refractivity contribution in [3.05, 3.63) is 228 Å². The van der Waals surface area contributed by atoms with E-state index in [4.69, 9.17) is 20.4 Å². The number of aliphatic carboxylic acids is 4. The lowest BCUT2D eigenvalue weighted by Gasteiger charge is -2.18. The van der Waals surface area contributed by atoms with E-state index in [0.29, 0.717) is 25.2 Å². The number of hydrogen-bond donors (Lipinski definition) is 4. The summed E-state index contributed by atoms with van der Waals surface area (Å²) in [6.45, 7) is 4.00. The molecule has 0 aliphatic heterocycles. The zero-order valence-corrected chi connectivity index (χ0v) is 42.3. The summed E-state index contributed by atoms with van der Waals surface area (Å²) in [5.41, 5.74) is 9.57. The van der Waals surface area contributed by atoms with Gasteiger partial charge in [0, 0.05) is 36.9 Å². The molecule has 70 heavy (non-hydrogen) atoms. The summed E-state index contributed by atoms with van der Waals surface area (Å²) in [4.78, 5) is 41.6. The maximum absolute atomic E-state index is 10.6. The normalized spacial score (nSPS) is 9.89. The second kappa shape index (κ2) is 38.1. The van der Waals surface area contributed by atoms with Crippen LogP contribution in [0.3, 0.4) is 0 Å². The first-order valence-electron chi connectivity index (χ1n) is 24.2. The summed E-state index contributed by atoms with van der Waals surface area (Å²) in [7, 11) is 0. The minimum absolute atomic E-state index is 0.216. The number of unbranched alkanes of at least 4 members (excludes halogenated alkanes) is 4. The Bertz CT molecular complexity index is 2120. The number of halogens is 1. The summed E-state index contributed by atoms with van der Waals surface area (Å²) in [6, 6.07) is 61.6. The predicted molar refractivity (Wildman–Crippen MR) is 290 cm³/mol. The molecule has 370 valence electrons. The average Bonchev–Trinajstić information content (AvgIpc) is 3.39. The minimum atomic E-state index is -0.737. The van der Waals surface area contributed by atoms with Crippen LogP contribution >= 0.6 is 15.9 Å². The number of carboxylic acids is 4. The Labute approximate surface area is 424 Å². The monoisotopic (exact) mass is 1010 g/mol. The van der Waals surface area contributed by atoms with Crippen molar-refractivity contribution in [2.24, 2.45) is 0 Å². The number of hydrogen-bond acceptors (Lipinski definition) is 4. The van der Waals surface area contributed by atoms with E-state index in [1.807, 2.05) is 98.8 Å². The summed E-state index contributed by atoms with van der Waals surface area (Å²) in [6.07, 6.45) is 12.5. The molecule has 0 unspecified atom stereocenters. The Hall–Kier alpha value is -6.84. The van der Waals surface area contributed by atoms with Gasteiger partial charge in [0.05, 0.1) is 0 Å². The van der Waals surface area contributed by atoms with Crippen LogP contribution in [0, 0.1) is 0 Å². The van der Waals surface area contributed by atoms with Crippen LogP contribution in [0.2, 0.25) is 0 Å². The van der Waals surface area contributed by atoms with Gasteiger partial charge in [-0.1, -0.05) is 230 Å². The number of carbonyl (C=O) groups is 4. The highest BCUT2D eigenvalue weighted by molar-refractivity contribution is 9.09. The predicted octanol–water partition coefficient (Wildman–Crippen LogP) is 15.9. The molecule has 6 aromatic rings. The van der Waals surface area contributed by atoms with Crippen LogP contribution in [0.15, 0.2) is 194 Å². The van der Waals surface area contributed by atoms with Gasteiger partial charge in [0.1, 0.15) is 0 Å². The first-order chi connectivity index (χ1) is 34.1.